The van der Waals surface area contributed by atoms with E-state index in [9.17, 15) is 4.79 Å². The molecule has 0 fully saturated rings. The lowest BCUT2D eigenvalue weighted by Gasteiger charge is -2.03. The Hall–Kier alpha value is -3.88. The van der Waals surface area contributed by atoms with Gasteiger partial charge in [-0.15, -0.1) is 5.10 Å². The predicted molar refractivity (Wildman–Crippen MR) is 94.3 cm³/mol. The molecule has 2 aromatic heterocycles. The molecule has 9 heteroatoms. The number of rotatable bonds is 6. The van der Waals surface area contributed by atoms with Gasteiger partial charge in [-0.1, -0.05) is 0 Å². The molecule has 2 heterocycles. The Morgan fingerprint density at radius 2 is 2.00 bits per heavy atom. The molecule has 4 rings (SSSR count). The number of aliphatic carboxylic acids is 1. The second-order valence-electron chi connectivity index (χ2n) is 5.51. The van der Waals surface area contributed by atoms with E-state index in [4.69, 9.17) is 9.84 Å². The number of nitrogens with one attached hydrogen (secondary N) is 3. The lowest BCUT2D eigenvalue weighted by molar-refractivity contribution is -0.139. The number of benzene rings is 2. The fraction of sp³-hybridized carbons (Fsp3) is 0.0588. The van der Waals surface area contributed by atoms with E-state index in [1.165, 1.54) is 0 Å². The minimum Gasteiger partial charge on any atom is -0.482 e. The number of hydrogen-bond donors (Lipinski definition) is 4. The molecule has 0 atom stereocenters. The maximum atomic E-state index is 10.5. The Bertz CT molecular complexity index is 1050. The van der Waals surface area contributed by atoms with E-state index < -0.39 is 5.97 Å². The highest BCUT2D eigenvalue weighted by atomic mass is 16.5. The van der Waals surface area contributed by atoms with Crippen LogP contribution in [0.15, 0.2) is 48.7 Å². The number of nitrogens with zero attached hydrogens (tertiary/aromatic N) is 3. The van der Waals surface area contributed by atoms with Gasteiger partial charge in [-0.25, -0.2) is 4.79 Å². The third-order valence-electron chi connectivity index (χ3n) is 3.67. The van der Waals surface area contributed by atoms with E-state index in [0.717, 1.165) is 22.2 Å². The summed E-state index contributed by atoms with van der Waals surface area (Å²) < 4.78 is 5.11. The number of aromatic nitrogens is 5. The van der Waals surface area contributed by atoms with Crippen molar-refractivity contribution in [3.63, 3.8) is 0 Å². The minimum atomic E-state index is -1.02. The van der Waals surface area contributed by atoms with Crippen molar-refractivity contribution in [2.45, 2.75) is 0 Å². The fourth-order valence-corrected chi connectivity index (χ4v) is 2.45. The second-order valence-corrected chi connectivity index (χ2v) is 5.51. The summed E-state index contributed by atoms with van der Waals surface area (Å²) in [6.07, 6.45) is 1.75. The van der Waals surface area contributed by atoms with Gasteiger partial charge in [0.25, 0.3) is 0 Å². The van der Waals surface area contributed by atoms with Crippen LogP contribution in [-0.2, 0) is 4.79 Å². The number of anilines is 2. The summed E-state index contributed by atoms with van der Waals surface area (Å²) in [5, 5.41) is 26.7. The largest absolute Gasteiger partial charge is 0.482 e. The third-order valence-corrected chi connectivity index (χ3v) is 3.67. The third kappa shape index (κ3) is 3.31. The van der Waals surface area contributed by atoms with Gasteiger partial charge in [0.15, 0.2) is 12.4 Å². The molecule has 26 heavy (non-hydrogen) atoms. The number of aromatic amines is 2. The lowest BCUT2D eigenvalue weighted by atomic mass is 10.2. The first kappa shape index (κ1) is 15.6. The molecule has 4 N–H and O–H groups in total. The standard InChI is InChI=1S/C17H14N6O3/c24-15(25)9-26-13-4-1-10(2-5-13)16-20-17(23-22-16)19-12-3-6-14-11(7-12)8-18-21-14/h1-8H,9H2,(H,18,21)(H,24,25)(H2,19,20,22,23). The molecule has 0 saturated carbocycles. The van der Waals surface area contributed by atoms with Crippen LogP contribution in [0.1, 0.15) is 0 Å². The number of carboxylic acids is 1. The van der Waals surface area contributed by atoms with Crippen LogP contribution in [0.25, 0.3) is 22.3 Å². The van der Waals surface area contributed by atoms with Crippen LogP contribution in [0.2, 0.25) is 0 Å². The van der Waals surface area contributed by atoms with Crippen LogP contribution >= 0.6 is 0 Å². The maximum Gasteiger partial charge on any atom is 0.341 e. The Morgan fingerprint density at radius 1 is 1.15 bits per heavy atom. The first-order valence-corrected chi connectivity index (χ1v) is 7.75. The van der Waals surface area contributed by atoms with Crippen molar-refractivity contribution in [2.24, 2.45) is 0 Å². The van der Waals surface area contributed by atoms with Crippen molar-refractivity contribution in [2.75, 3.05) is 11.9 Å². The topological polar surface area (TPSA) is 129 Å². The summed E-state index contributed by atoms with van der Waals surface area (Å²) in [6.45, 7) is -0.378. The Kier molecular flexibility index (Phi) is 3.94. The van der Waals surface area contributed by atoms with Crippen molar-refractivity contribution in [3.05, 3.63) is 48.7 Å². The molecule has 0 radical (unpaired) electrons. The number of ether oxygens (including phenoxy) is 1. The van der Waals surface area contributed by atoms with Gasteiger partial charge in [0.2, 0.25) is 5.95 Å². The smallest absolute Gasteiger partial charge is 0.341 e. The molecule has 0 bridgehead atoms. The first-order chi connectivity index (χ1) is 12.7. The summed E-state index contributed by atoms with van der Waals surface area (Å²) in [6, 6.07) is 12.7. The molecule has 0 aliphatic rings. The van der Waals surface area contributed by atoms with Gasteiger partial charge in [0.1, 0.15) is 5.75 Å². The van der Waals surface area contributed by atoms with Crippen molar-refractivity contribution in [3.8, 4) is 17.1 Å². The average molecular weight is 350 g/mol. The zero-order chi connectivity index (χ0) is 17.9. The molecular formula is C17H14N6O3. The fourth-order valence-electron chi connectivity index (χ4n) is 2.45. The summed E-state index contributed by atoms with van der Waals surface area (Å²) in [5.41, 5.74) is 2.61. The van der Waals surface area contributed by atoms with Gasteiger partial charge in [-0.2, -0.15) is 10.1 Å². The van der Waals surface area contributed by atoms with Gasteiger partial charge in [-0.3, -0.25) is 10.2 Å². The molecule has 2 aromatic carbocycles. The highest BCUT2D eigenvalue weighted by Gasteiger charge is 2.07. The van der Waals surface area contributed by atoms with Crippen molar-refractivity contribution < 1.29 is 14.6 Å². The molecule has 4 aromatic rings. The van der Waals surface area contributed by atoms with E-state index in [1.54, 1.807) is 30.5 Å². The van der Waals surface area contributed by atoms with Crippen LogP contribution in [0.4, 0.5) is 11.6 Å². The highest BCUT2D eigenvalue weighted by molar-refractivity contribution is 5.82. The van der Waals surface area contributed by atoms with E-state index in [2.05, 4.69) is 30.7 Å². The molecule has 0 unspecified atom stereocenters. The van der Waals surface area contributed by atoms with Crippen molar-refractivity contribution in [1.29, 1.82) is 0 Å². The first-order valence-electron chi connectivity index (χ1n) is 7.75. The molecule has 0 aliphatic carbocycles. The molecule has 0 spiro atoms. The Morgan fingerprint density at radius 3 is 2.81 bits per heavy atom. The van der Waals surface area contributed by atoms with Gasteiger partial charge in [0, 0.05) is 16.6 Å². The molecular weight excluding hydrogens is 336 g/mol. The average Bonchev–Trinajstić information content (AvgIpc) is 3.29. The Labute approximate surface area is 147 Å². The minimum absolute atomic E-state index is 0.378. The van der Waals surface area contributed by atoms with Crippen LogP contribution in [0.3, 0.4) is 0 Å². The van der Waals surface area contributed by atoms with Gasteiger partial charge < -0.3 is 15.2 Å². The highest BCUT2D eigenvalue weighted by Crippen LogP contribution is 2.22. The normalized spacial score (nSPS) is 10.8. The molecule has 0 amide bonds. The van der Waals surface area contributed by atoms with Crippen LogP contribution in [-0.4, -0.2) is 43.1 Å². The molecule has 0 saturated heterocycles. The van der Waals surface area contributed by atoms with Crippen molar-refractivity contribution >= 4 is 28.5 Å². The predicted octanol–water partition coefficient (Wildman–Crippen LogP) is 2.55. The van der Waals surface area contributed by atoms with Crippen molar-refractivity contribution in [1.82, 2.24) is 25.4 Å². The monoisotopic (exact) mass is 350 g/mol. The van der Waals surface area contributed by atoms with Crippen LogP contribution < -0.4 is 10.1 Å². The van der Waals surface area contributed by atoms with Gasteiger partial charge in [0.05, 0.1) is 11.7 Å². The Balaban J connectivity index is 1.47. The van der Waals surface area contributed by atoms with Crippen LogP contribution in [0, 0.1) is 0 Å². The number of carboxylic acid groups (broad SMARTS) is 1. The second kappa shape index (κ2) is 6.55. The zero-order valence-corrected chi connectivity index (χ0v) is 13.4. The maximum absolute atomic E-state index is 10.5. The van der Waals surface area contributed by atoms with E-state index in [1.807, 2.05) is 18.2 Å². The summed E-state index contributed by atoms with van der Waals surface area (Å²) in [5.74, 6) is 0.479. The lowest BCUT2D eigenvalue weighted by Crippen LogP contribution is -2.09. The molecule has 130 valence electrons. The molecule has 9 nitrogen and oxygen atoms in total. The van der Waals surface area contributed by atoms with Gasteiger partial charge in [-0.05, 0) is 42.5 Å². The summed E-state index contributed by atoms with van der Waals surface area (Å²) in [7, 11) is 0. The van der Waals surface area contributed by atoms with E-state index in [0.29, 0.717) is 17.5 Å². The SMILES string of the molecule is O=C(O)COc1ccc(-c2nc(Nc3ccc4[nH]ncc4c3)n[nH]2)cc1. The van der Waals surface area contributed by atoms with Gasteiger partial charge >= 0.3 is 5.97 Å². The van der Waals surface area contributed by atoms with Crippen LogP contribution in [0.5, 0.6) is 5.75 Å². The quantitative estimate of drug-likeness (QED) is 0.420. The number of fused-ring (bicyclic) bond motifs is 1. The number of hydrogen-bond acceptors (Lipinski definition) is 6. The molecule has 0 aliphatic heterocycles. The summed E-state index contributed by atoms with van der Waals surface area (Å²) >= 11 is 0. The number of carbonyl (C=O) groups is 1. The number of H-pyrrole nitrogens is 2. The van der Waals surface area contributed by atoms with E-state index >= 15 is 0 Å². The van der Waals surface area contributed by atoms with E-state index in [-0.39, 0.29) is 6.61 Å². The summed E-state index contributed by atoms with van der Waals surface area (Å²) in [4.78, 5) is 14.9. The zero-order valence-electron chi connectivity index (χ0n) is 13.4.